The number of ether oxygens (including phenoxy) is 1. The van der Waals surface area contributed by atoms with Crippen LogP contribution in [-0.4, -0.2) is 25.1 Å². The highest BCUT2D eigenvalue weighted by molar-refractivity contribution is 6.32. The van der Waals surface area contributed by atoms with Gasteiger partial charge < -0.3 is 10.1 Å². The van der Waals surface area contributed by atoms with Gasteiger partial charge in [-0.15, -0.1) is 6.58 Å². The fraction of sp³-hybridized carbons (Fsp3) is 0.154. The lowest BCUT2D eigenvalue weighted by molar-refractivity contribution is -0.122. The number of carbonyl (C=O) groups excluding carboxylic acids is 2. The number of imide groups is 1. The molecule has 0 aromatic heterocycles. The number of nitrogens with one attached hydrogen (secondary N) is 2. The second-order valence-electron chi connectivity index (χ2n) is 3.59. The van der Waals surface area contributed by atoms with Crippen LogP contribution in [0.15, 0.2) is 30.9 Å². The van der Waals surface area contributed by atoms with E-state index in [9.17, 15) is 9.59 Å². The molecule has 0 aliphatic heterocycles. The number of hydrogen-bond acceptors (Lipinski definition) is 4. The van der Waals surface area contributed by atoms with Crippen LogP contribution in [0, 0.1) is 11.3 Å². The summed E-state index contributed by atoms with van der Waals surface area (Å²) in [4.78, 5) is 22.6. The summed E-state index contributed by atoms with van der Waals surface area (Å²) in [6, 6.07) is 5.70. The number of nitrogens with zero attached hydrogens (tertiary/aromatic N) is 1. The Hall–Kier alpha value is -2.52. The van der Waals surface area contributed by atoms with E-state index in [-0.39, 0.29) is 23.9 Å². The normalized spacial score (nSPS) is 9.20. The van der Waals surface area contributed by atoms with Crippen LogP contribution in [0.2, 0.25) is 5.02 Å². The summed E-state index contributed by atoms with van der Waals surface area (Å²) in [5.74, 6) is -0.362. The topological polar surface area (TPSA) is 91.2 Å². The number of rotatable bonds is 5. The van der Waals surface area contributed by atoms with E-state index in [0.29, 0.717) is 5.56 Å². The second-order valence-corrected chi connectivity index (χ2v) is 4.00. The zero-order valence-corrected chi connectivity index (χ0v) is 11.2. The van der Waals surface area contributed by atoms with Crippen LogP contribution in [0.3, 0.4) is 0 Å². The first-order chi connectivity index (χ1) is 9.56. The maximum atomic E-state index is 11.4. The Morgan fingerprint density at radius 3 is 2.85 bits per heavy atom. The highest BCUT2D eigenvalue weighted by Gasteiger charge is 2.09. The fourth-order valence-electron chi connectivity index (χ4n) is 1.20. The maximum absolute atomic E-state index is 11.4. The molecule has 0 bridgehead atoms. The predicted molar refractivity (Wildman–Crippen MR) is 73.4 cm³/mol. The SMILES string of the molecule is C=CCNC(=O)NC(=O)COc1ccc(C#N)cc1Cl. The Morgan fingerprint density at radius 1 is 1.50 bits per heavy atom. The molecule has 0 saturated carbocycles. The molecule has 0 saturated heterocycles. The number of carbonyl (C=O) groups is 2. The Bertz CT molecular complexity index is 566. The molecule has 1 aromatic rings. The van der Waals surface area contributed by atoms with Crippen molar-refractivity contribution in [2.45, 2.75) is 0 Å². The molecule has 0 aliphatic carbocycles. The summed E-state index contributed by atoms with van der Waals surface area (Å²) in [7, 11) is 0. The van der Waals surface area contributed by atoms with Crippen molar-refractivity contribution in [3.8, 4) is 11.8 Å². The molecule has 1 aromatic carbocycles. The molecule has 20 heavy (non-hydrogen) atoms. The van der Waals surface area contributed by atoms with E-state index in [1.165, 1.54) is 24.3 Å². The van der Waals surface area contributed by atoms with Gasteiger partial charge in [-0.3, -0.25) is 10.1 Å². The quantitative estimate of drug-likeness (QED) is 0.807. The minimum atomic E-state index is -0.635. The van der Waals surface area contributed by atoms with Crippen molar-refractivity contribution in [3.05, 3.63) is 41.4 Å². The summed E-state index contributed by atoms with van der Waals surface area (Å²) in [6.07, 6.45) is 1.48. The van der Waals surface area contributed by atoms with Gasteiger partial charge in [-0.05, 0) is 18.2 Å². The van der Waals surface area contributed by atoms with Gasteiger partial charge in [0.15, 0.2) is 6.61 Å². The summed E-state index contributed by atoms with van der Waals surface area (Å²) in [5, 5.41) is 13.3. The molecule has 3 amide bonds. The Balaban J connectivity index is 2.47. The molecule has 7 heteroatoms. The number of hydrogen-bond donors (Lipinski definition) is 2. The Labute approximate surface area is 121 Å². The molecule has 0 radical (unpaired) electrons. The lowest BCUT2D eigenvalue weighted by Gasteiger charge is -2.08. The molecule has 104 valence electrons. The molecule has 0 aliphatic rings. The van der Waals surface area contributed by atoms with Gasteiger partial charge in [0.2, 0.25) is 0 Å². The highest BCUT2D eigenvalue weighted by atomic mass is 35.5. The predicted octanol–water partition coefficient (Wildman–Crippen LogP) is 1.60. The van der Waals surface area contributed by atoms with Crippen molar-refractivity contribution < 1.29 is 14.3 Å². The van der Waals surface area contributed by atoms with Crippen LogP contribution < -0.4 is 15.4 Å². The van der Waals surface area contributed by atoms with Gasteiger partial charge in [0.05, 0.1) is 16.7 Å². The first-order valence-electron chi connectivity index (χ1n) is 5.58. The molecule has 0 unspecified atom stereocenters. The average molecular weight is 294 g/mol. The van der Waals surface area contributed by atoms with E-state index < -0.39 is 11.9 Å². The van der Waals surface area contributed by atoms with Crippen LogP contribution in [0.5, 0.6) is 5.75 Å². The van der Waals surface area contributed by atoms with Crippen molar-refractivity contribution in [1.82, 2.24) is 10.6 Å². The van der Waals surface area contributed by atoms with Gasteiger partial charge in [-0.1, -0.05) is 17.7 Å². The van der Waals surface area contributed by atoms with Gasteiger partial charge in [-0.25, -0.2) is 4.79 Å². The van der Waals surface area contributed by atoms with E-state index in [2.05, 4.69) is 17.2 Å². The molecular formula is C13H12ClN3O3. The Kier molecular flexibility index (Phi) is 6.07. The summed E-state index contributed by atoms with van der Waals surface area (Å²) < 4.78 is 5.15. The van der Waals surface area contributed by atoms with Crippen molar-refractivity contribution in [2.75, 3.05) is 13.2 Å². The first-order valence-corrected chi connectivity index (χ1v) is 5.95. The van der Waals surface area contributed by atoms with Gasteiger partial charge in [0.25, 0.3) is 5.91 Å². The van der Waals surface area contributed by atoms with Gasteiger partial charge >= 0.3 is 6.03 Å². The van der Waals surface area contributed by atoms with E-state index in [1.54, 1.807) is 0 Å². The standard InChI is InChI=1S/C13H12ClN3O3/c1-2-5-16-13(19)17-12(18)8-20-11-4-3-9(7-15)6-10(11)14/h2-4,6H,1,5,8H2,(H2,16,17,18,19). The number of benzene rings is 1. The first kappa shape index (κ1) is 15.5. The molecule has 0 atom stereocenters. The maximum Gasteiger partial charge on any atom is 0.321 e. The van der Waals surface area contributed by atoms with Gasteiger partial charge in [0.1, 0.15) is 5.75 Å². The number of urea groups is 1. The highest BCUT2D eigenvalue weighted by Crippen LogP contribution is 2.24. The van der Waals surface area contributed by atoms with Crippen molar-refractivity contribution >= 4 is 23.5 Å². The van der Waals surface area contributed by atoms with Crippen molar-refractivity contribution in [3.63, 3.8) is 0 Å². The van der Waals surface area contributed by atoms with Crippen LogP contribution >= 0.6 is 11.6 Å². The molecule has 0 spiro atoms. The third-order valence-electron chi connectivity index (χ3n) is 2.08. The van der Waals surface area contributed by atoms with E-state index >= 15 is 0 Å². The number of nitriles is 1. The molecule has 6 nitrogen and oxygen atoms in total. The van der Waals surface area contributed by atoms with Crippen LogP contribution in [0.25, 0.3) is 0 Å². The third kappa shape index (κ3) is 5.00. The van der Waals surface area contributed by atoms with Crippen molar-refractivity contribution in [2.24, 2.45) is 0 Å². The molecule has 0 fully saturated rings. The zero-order valence-electron chi connectivity index (χ0n) is 10.5. The van der Waals surface area contributed by atoms with Gasteiger partial charge in [-0.2, -0.15) is 5.26 Å². The van der Waals surface area contributed by atoms with Crippen molar-refractivity contribution in [1.29, 1.82) is 5.26 Å². The minimum Gasteiger partial charge on any atom is -0.482 e. The monoisotopic (exact) mass is 293 g/mol. The third-order valence-corrected chi connectivity index (χ3v) is 2.38. The van der Waals surface area contributed by atoms with Crippen LogP contribution in [0.4, 0.5) is 4.79 Å². The second kappa shape index (κ2) is 7.81. The zero-order chi connectivity index (χ0) is 15.0. The summed E-state index contributed by atoms with van der Waals surface area (Å²) in [5.41, 5.74) is 0.385. The smallest absolute Gasteiger partial charge is 0.321 e. The fourth-order valence-corrected chi connectivity index (χ4v) is 1.44. The Morgan fingerprint density at radius 2 is 2.25 bits per heavy atom. The lowest BCUT2D eigenvalue weighted by Crippen LogP contribution is -2.41. The minimum absolute atomic E-state index is 0.216. The largest absolute Gasteiger partial charge is 0.482 e. The number of amides is 3. The van der Waals surface area contributed by atoms with E-state index in [1.807, 2.05) is 6.07 Å². The molecular weight excluding hydrogens is 282 g/mol. The van der Waals surface area contributed by atoms with Crippen LogP contribution in [-0.2, 0) is 4.79 Å². The molecule has 1 rings (SSSR count). The summed E-state index contributed by atoms with van der Waals surface area (Å²) in [6.45, 7) is 3.31. The average Bonchev–Trinajstić information content (AvgIpc) is 2.43. The molecule has 0 heterocycles. The lowest BCUT2D eigenvalue weighted by atomic mass is 10.2. The molecule has 2 N–H and O–H groups in total. The summed E-state index contributed by atoms with van der Waals surface area (Å²) >= 11 is 5.87. The number of halogens is 1. The van der Waals surface area contributed by atoms with E-state index in [4.69, 9.17) is 21.6 Å². The van der Waals surface area contributed by atoms with E-state index in [0.717, 1.165) is 0 Å². The van der Waals surface area contributed by atoms with Gasteiger partial charge in [0, 0.05) is 6.54 Å². The van der Waals surface area contributed by atoms with Crippen LogP contribution in [0.1, 0.15) is 5.56 Å².